The van der Waals surface area contributed by atoms with Crippen molar-refractivity contribution in [2.24, 2.45) is 0 Å². The van der Waals surface area contributed by atoms with Crippen LogP contribution in [0, 0.1) is 6.92 Å². The predicted molar refractivity (Wildman–Crippen MR) is 121 cm³/mol. The van der Waals surface area contributed by atoms with Crippen LogP contribution in [-0.4, -0.2) is 30.8 Å². The summed E-state index contributed by atoms with van der Waals surface area (Å²) in [7, 11) is 0. The van der Waals surface area contributed by atoms with E-state index in [0.717, 1.165) is 26.4 Å². The number of carbonyl (C=O) groups excluding carboxylic acids is 3. The normalized spacial score (nSPS) is 10.5. The second-order valence-electron chi connectivity index (χ2n) is 6.88. The third kappa shape index (κ3) is 5.90. The van der Waals surface area contributed by atoms with E-state index in [2.05, 4.69) is 31.9 Å². The number of benzene rings is 3. The first-order chi connectivity index (χ1) is 14.4. The third-order valence-corrected chi connectivity index (χ3v) is 5.08. The van der Waals surface area contributed by atoms with Crippen molar-refractivity contribution in [3.8, 4) is 0 Å². The fraction of sp³-hybridized carbons (Fsp3) is 0.174. The van der Waals surface area contributed by atoms with E-state index in [9.17, 15) is 14.4 Å². The zero-order chi connectivity index (χ0) is 21.5. The lowest BCUT2D eigenvalue weighted by Gasteiger charge is -2.10. The van der Waals surface area contributed by atoms with E-state index in [1.54, 1.807) is 6.07 Å². The molecule has 6 nitrogen and oxygen atoms in total. The molecule has 3 amide bonds. The molecule has 3 rings (SSSR count). The minimum atomic E-state index is -0.427. The first-order valence-corrected chi connectivity index (χ1v) is 10.3. The summed E-state index contributed by atoms with van der Waals surface area (Å²) >= 11 is 3.37. The molecule has 0 aliphatic carbocycles. The Morgan fingerprint density at radius 1 is 0.833 bits per heavy atom. The van der Waals surface area contributed by atoms with Gasteiger partial charge in [0.25, 0.3) is 0 Å². The molecule has 0 aliphatic heterocycles. The second kappa shape index (κ2) is 10.0. The Morgan fingerprint density at radius 3 is 2.33 bits per heavy atom. The third-order valence-electron chi connectivity index (χ3n) is 4.59. The number of fused-ring (bicyclic) bond motifs is 1. The number of nitrogens with one attached hydrogen (secondary N) is 3. The average molecular weight is 468 g/mol. The maximum absolute atomic E-state index is 12.2. The number of anilines is 1. The van der Waals surface area contributed by atoms with Crippen LogP contribution < -0.4 is 16.0 Å². The lowest BCUT2D eigenvalue weighted by molar-refractivity contribution is -0.126. The molecule has 0 aromatic heterocycles. The first kappa shape index (κ1) is 21.5. The van der Waals surface area contributed by atoms with Crippen molar-refractivity contribution in [1.82, 2.24) is 10.6 Å². The average Bonchev–Trinajstić information content (AvgIpc) is 2.73. The molecule has 0 aliphatic rings. The molecule has 0 saturated carbocycles. The van der Waals surface area contributed by atoms with Crippen molar-refractivity contribution >= 4 is 50.1 Å². The predicted octanol–water partition coefficient (Wildman–Crippen LogP) is 3.32. The van der Waals surface area contributed by atoms with Crippen LogP contribution in [0.25, 0.3) is 10.8 Å². The first-order valence-electron chi connectivity index (χ1n) is 9.48. The molecule has 0 fully saturated rings. The molecule has 0 spiro atoms. The van der Waals surface area contributed by atoms with Crippen LogP contribution >= 0.6 is 15.9 Å². The van der Waals surface area contributed by atoms with E-state index in [0.29, 0.717) is 5.69 Å². The molecule has 7 heteroatoms. The topological polar surface area (TPSA) is 87.3 Å². The molecule has 0 atom stereocenters. The Kier molecular flexibility index (Phi) is 7.19. The molecule has 154 valence electrons. The van der Waals surface area contributed by atoms with E-state index in [1.807, 2.05) is 61.5 Å². The largest absolute Gasteiger partial charge is 0.347 e. The maximum Gasteiger partial charge on any atom is 0.243 e. The fourth-order valence-electron chi connectivity index (χ4n) is 3.06. The van der Waals surface area contributed by atoms with Gasteiger partial charge in [0.2, 0.25) is 17.7 Å². The van der Waals surface area contributed by atoms with Gasteiger partial charge >= 0.3 is 0 Å². The molecular formula is C23H22BrN3O3. The molecule has 0 saturated heterocycles. The minimum absolute atomic E-state index is 0.173. The highest BCUT2D eigenvalue weighted by Gasteiger charge is 2.11. The lowest BCUT2D eigenvalue weighted by atomic mass is 10.0. The number of halogens is 1. The minimum Gasteiger partial charge on any atom is -0.347 e. The van der Waals surface area contributed by atoms with Gasteiger partial charge in [-0.25, -0.2) is 0 Å². The Bertz CT molecular complexity index is 1090. The smallest absolute Gasteiger partial charge is 0.243 e. The SMILES string of the molecule is Cc1cc(Br)ccc1NC(=O)CNC(=O)CNC(=O)Cc1cccc2ccccc12. The summed E-state index contributed by atoms with van der Waals surface area (Å²) in [5.41, 5.74) is 2.49. The van der Waals surface area contributed by atoms with Gasteiger partial charge in [-0.1, -0.05) is 58.4 Å². The Morgan fingerprint density at radius 2 is 1.53 bits per heavy atom. The van der Waals surface area contributed by atoms with Gasteiger partial charge in [0, 0.05) is 10.2 Å². The summed E-state index contributed by atoms with van der Waals surface area (Å²) < 4.78 is 0.922. The molecule has 0 heterocycles. The Hall–Kier alpha value is -3.19. The number of hydrogen-bond donors (Lipinski definition) is 3. The summed E-state index contributed by atoms with van der Waals surface area (Å²) in [5.74, 6) is -1.02. The van der Waals surface area contributed by atoms with Gasteiger partial charge < -0.3 is 16.0 Å². The molecule has 0 radical (unpaired) electrons. The zero-order valence-corrected chi connectivity index (χ0v) is 18.1. The fourth-order valence-corrected chi connectivity index (χ4v) is 3.54. The van der Waals surface area contributed by atoms with E-state index in [-0.39, 0.29) is 31.3 Å². The van der Waals surface area contributed by atoms with Crippen LogP contribution in [0.15, 0.2) is 65.1 Å². The van der Waals surface area contributed by atoms with Gasteiger partial charge in [-0.15, -0.1) is 0 Å². The van der Waals surface area contributed by atoms with Crippen molar-refractivity contribution in [3.05, 3.63) is 76.3 Å². The number of carbonyl (C=O) groups is 3. The van der Waals surface area contributed by atoms with Crippen LogP contribution in [0.2, 0.25) is 0 Å². The highest BCUT2D eigenvalue weighted by atomic mass is 79.9. The van der Waals surface area contributed by atoms with Crippen LogP contribution in [0.3, 0.4) is 0 Å². The van der Waals surface area contributed by atoms with Crippen molar-refractivity contribution < 1.29 is 14.4 Å². The summed E-state index contributed by atoms with van der Waals surface area (Å²) in [4.78, 5) is 36.2. The van der Waals surface area contributed by atoms with Crippen molar-refractivity contribution in [2.75, 3.05) is 18.4 Å². The van der Waals surface area contributed by atoms with Crippen LogP contribution in [-0.2, 0) is 20.8 Å². The van der Waals surface area contributed by atoms with E-state index < -0.39 is 5.91 Å². The monoisotopic (exact) mass is 467 g/mol. The van der Waals surface area contributed by atoms with Crippen molar-refractivity contribution in [3.63, 3.8) is 0 Å². The molecule has 0 unspecified atom stereocenters. The quantitative estimate of drug-likeness (QED) is 0.497. The summed E-state index contributed by atoms with van der Waals surface area (Å²) in [6.07, 6.45) is 0.179. The molecule has 3 aromatic rings. The van der Waals surface area contributed by atoms with Gasteiger partial charge in [0.05, 0.1) is 19.5 Å². The van der Waals surface area contributed by atoms with E-state index in [4.69, 9.17) is 0 Å². The molecule has 0 bridgehead atoms. The number of hydrogen-bond acceptors (Lipinski definition) is 3. The van der Waals surface area contributed by atoms with E-state index in [1.165, 1.54) is 0 Å². The van der Waals surface area contributed by atoms with Gasteiger partial charge in [-0.05, 0) is 47.0 Å². The molecule has 3 N–H and O–H groups in total. The summed E-state index contributed by atoms with van der Waals surface area (Å²) in [5, 5.41) is 9.93. The van der Waals surface area contributed by atoms with Crippen LogP contribution in [0.4, 0.5) is 5.69 Å². The van der Waals surface area contributed by atoms with Crippen molar-refractivity contribution in [1.29, 1.82) is 0 Å². The maximum atomic E-state index is 12.2. The van der Waals surface area contributed by atoms with Crippen LogP contribution in [0.5, 0.6) is 0 Å². The van der Waals surface area contributed by atoms with Gasteiger partial charge in [0.15, 0.2) is 0 Å². The van der Waals surface area contributed by atoms with Gasteiger partial charge in [0.1, 0.15) is 0 Å². The summed E-state index contributed by atoms with van der Waals surface area (Å²) in [6, 6.07) is 19.1. The van der Waals surface area contributed by atoms with Gasteiger partial charge in [-0.2, -0.15) is 0 Å². The van der Waals surface area contributed by atoms with Gasteiger partial charge in [-0.3, -0.25) is 14.4 Å². The molecule has 30 heavy (non-hydrogen) atoms. The Balaban J connectivity index is 1.44. The lowest BCUT2D eigenvalue weighted by Crippen LogP contribution is -2.40. The van der Waals surface area contributed by atoms with Crippen LogP contribution in [0.1, 0.15) is 11.1 Å². The number of amides is 3. The molecular weight excluding hydrogens is 446 g/mol. The number of aryl methyl sites for hydroxylation is 1. The summed E-state index contributed by atoms with van der Waals surface area (Å²) in [6.45, 7) is 1.52. The zero-order valence-electron chi connectivity index (χ0n) is 16.5. The van der Waals surface area contributed by atoms with E-state index >= 15 is 0 Å². The second-order valence-corrected chi connectivity index (χ2v) is 7.79. The highest BCUT2D eigenvalue weighted by molar-refractivity contribution is 9.10. The molecule has 3 aromatic carbocycles. The number of rotatable bonds is 7. The highest BCUT2D eigenvalue weighted by Crippen LogP contribution is 2.20. The van der Waals surface area contributed by atoms with Crippen molar-refractivity contribution in [2.45, 2.75) is 13.3 Å². The Labute approximate surface area is 183 Å². The standard InChI is InChI=1S/C23H22BrN3O3/c1-15-11-18(24)9-10-20(15)27-23(30)14-26-22(29)13-25-21(28)12-17-7-4-6-16-5-2-3-8-19(16)17/h2-11H,12-14H2,1H3,(H,25,28)(H,26,29)(H,27,30).